The molecular formula is C26H30N4O4S. The number of benzene rings is 2. The summed E-state index contributed by atoms with van der Waals surface area (Å²) < 4.78 is 25.3. The molecule has 1 N–H and O–H groups in total. The van der Waals surface area contributed by atoms with E-state index in [0.717, 1.165) is 28.6 Å². The predicted octanol–water partition coefficient (Wildman–Crippen LogP) is 2.27. The summed E-state index contributed by atoms with van der Waals surface area (Å²) in [7, 11) is -3.06. The van der Waals surface area contributed by atoms with Crippen LogP contribution in [0.5, 0.6) is 0 Å². The highest BCUT2D eigenvalue weighted by Crippen LogP contribution is 2.23. The van der Waals surface area contributed by atoms with Gasteiger partial charge in [0.15, 0.2) is 15.7 Å². The van der Waals surface area contributed by atoms with Crippen molar-refractivity contribution in [1.29, 1.82) is 0 Å². The molecule has 2 atom stereocenters. The molecule has 8 nitrogen and oxygen atoms in total. The number of amides is 1. The van der Waals surface area contributed by atoms with Gasteiger partial charge in [0.05, 0.1) is 35.0 Å². The van der Waals surface area contributed by atoms with E-state index in [4.69, 9.17) is 4.98 Å². The minimum absolute atomic E-state index is 0.00508. The van der Waals surface area contributed by atoms with Gasteiger partial charge in [-0.3, -0.25) is 14.2 Å². The number of hydrogen-bond acceptors (Lipinski definition) is 6. The first kappa shape index (κ1) is 23.5. The summed E-state index contributed by atoms with van der Waals surface area (Å²) in [5, 5.41) is 2.92. The number of para-hydroxylation sites is 2. The van der Waals surface area contributed by atoms with Gasteiger partial charge in [-0.05, 0) is 43.9 Å². The molecule has 2 fully saturated rings. The lowest BCUT2D eigenvalue weighted by atomic mass is 9.96. The standard InChI is InChI=1S/C26H30N4O4S/c1-18-8-10-19(11-9-18)15-30-23-7-3-2-6-22(23)28-24(26(30)32)29-13-4-5-20(16-29)25(31)27-21-12-14-35(33,34)17-21/h2-3,6-11,20-21H,4-5,12-17H2,1H3,(H,27,31). The number of carbonyl (C=O) groups excluding carboxylic acids is 1. The fourth-order valence-electron chi connectivity index (χ4n) is 5.03. The van der Waals surface area contributed by atoms with Crippen molar-refractivity contribution in [3.63, 3.8) is 0 Å². The topological polar surface area (TPSA) is 101 Å². The lowest BCUT2D eigenvalue weighted by Gasteiger charge is -2.33. The van der Waals surface area contributed by atoms with Gasteiger partial charge in [0.2, 0.25) is 5.91 Å². The molecule has 2 aliphatic heterocycles. The van der Waals surface area contributed by atoms with Gasteiger partial charge in [-0.1, -0.05) is 42.0 Å². The SMILES string of the molecule is Cc1ccc(Cn2c(=O)c(N3CCCC(C(=O)NC4CCS(=O)(=O)C4)C3)nc3ccccc32)cc1. The first-order valence-corrected chi connectivity index (χ1v) is 13.9. The second-order valence-electron chi connectivity index (χ2n) is 9.69. The van der Waals surface area contributed by atoms with Gasteiger partial charge < -0.3 is 10.2 Å². The van der Waals surface area contributed by atoms with Crippen molar-refractivity contribution in [2.75, 3.05) is 29.5 Å². The number of sulfone groups is 1. The Morgan fingerprint density at radius 1 is 1.11 bits per heavy atom. The predicted molar refractivity (Wildman–Crippen MR) is 136 cm³/mol. The van der Waals surface area contributed by atoms with Crippen molar-refractivity contribution in [2.45, 2.75) is 38.8 Å². The maximum atomic E-state index is 13.7. The maximum Gasteiger partial charge on any atom is 0.294 e. The summed E-state index contributed by atoms with van der Waals surface area (Å²) in [4.78, 5) is 33.2. The summed E-state index contributed by atoms with van der Waals surface area (Å²) >= 11 is 0. The summed E-state index contributed by atoms with van der Waals surface area (Å²) in [5.41, 5.74) is 3.52. The number of hydrogen-bond donors (Lipinski definition) is 1. The number of aryl methyl sites for hydroxylation is 1. The van der Waals surface area contributed by atoms with Crippen LogP contribution in [0.1, 0.15) is 30.4 Å². The van der Waals surface area contributed by atoms with E-state index in [9.17, 15) is 18.0 Å². The number of nitrogens with zero attached hydrogens (tertiary/aromatic N) is 3. The molecule has 2 aromatic carbocycles. The number of anilines is 1. The maximum absolute atomic E-state index is 13.7. The molecule has 0 radical (unpaired) electrons. The lowest BCUT2D eigenvalue weighted by molar-refractivity contribution is -0.125. The third kappa shape index (κ3) is 5.10. The minimum atomic E-state index is -3.06. The van der Waals surface area contributed by atoms with Crippen molar-refractivity contribution < 1.29 is 13.2 Å². The van der Waals surface area contributed by atoms with Gasteiger partial charge in [-0.2, -0.15) is 0 Å². The van der Waals surface area contributed by atoms with Gasteiger partial charge in [-0.25, -0.2) is 13.4 Å². The molecule has 0 aliphatic carbocycles. The number of rotatable bonds is 5. The Balaban J connectivity index is 1.41. The second-order valence-corrected chi connectivity index (χ2v) is 11.9. The molecule has 35 heavy (non-hydrogen) atoms. The van der Waals surface area contributed by atoms with Crippen LogP contribution in [-0.4, -0.2) is 54.5 Å². The van der Waals surface area contributed by atoms with Crippen LogP contribution in [0.25, 0.3) is 11.0 Å². The Morgan fingerprint density at radius 2 is 1.89 bits per heavy atom. The fourth-order valence-corrected chi connectivity index (χ4v) is 6.70. The van der Waals surface area contributed by atoms with Crippen molar-refractivity contribution in [2.24, 2.45) is 5.92 Å². The van der Waals surface area contributed by atoms with E-state index in [1.807, 2.05) is 60.4 Å². The molecule has 184 valence electrons. The zero-order valence-electron chi connectivity index (χ0n) is 19.8. The molecule has 0 saturated carbocycles. The first-order chi connectivity index (χ1) is 16.8. The number of piperidine rings is 1. The zero-order valence-corrected chi connectivity index (χ0v) is 20.6. The third-order valence-corrected chi connectivity index (χ3v) is 8.74. The summed E-state index contributed by atoms with van der Waals surface area (Å²) in [6.45, 7) is 3.50. The highest BCUT2D eigenvalue weighted by Gasteiger charge is 2.33. The van der Waals surface area contributed by atoms with Crippen molar-refractivity contribution in [3.8, 4) is 0 Å². The van der Waals surface area contributed by atoms with Crippen LogP contribution in [-0.2, 0) is 21.2 Å². The van der Waals surface area contributed by atoms with Crippen LogP contribution in [0, 0.1) is 12.8 Å². The molecule has 5 rings (SSSR count). The average Bonchev–Trinajstić information content (AvgIpc) is 3.20. The minimum Gasteiger partial charge on any atom is -0.352 e. The van der Waals surface area contributed by atoms with Crippen LogP contribution in [0.4, 0.5) is 5.82 Å². The van der Waals surface area contributed by atoms with Gasteiger partial charge in [0.1, 0.15) is 0 Å². The fraction of sp³-hybridized carbons (Fsp3) is 0.423. The molecule has 1 amide bonds. The van der Waals surface area contributed by atoms with Gasteiger partial charge in [-0.15, -0.1) is 0 Å². The largest absolute Gasteiger partial charge is 0.352 e. The molecule has 9 heteroatoms. The summed E-state index contributed by atoms with van der Waals surface area (Å²) in [6.07, 6.45) is 1.92. The quantitative estimate of drug-likeness (QED) is 0.584. The summed E-state index contributed by atoms with van der Waals surface area (Å²) in [6, 6.07) is 15.4. The average molecular weight is 495 g/mol. The van der Waals surface area contributed by atoms with Crippen molar-refractivity contribution in [3.05, 3.63) is 70.0 Å². The molecule has 2 aliphatic rings. The zero-order chi connectivity index (χ0) is 24.6. The Hall–Kier alpha value is -3.20. The number of fused-ring (bicyclic) bond motifs is 1. The van der Waals surface area contributed by atoms with Crippen LogP contribution in [0.2, 0.25) is 0 Å². The lowest BCUT2D eigenvalue weighted by Crippen LogP contribution is -2.48. The molecule has 3 heterocycles. The van der Waals surface area contributed by atoms with E-state index in [2.05, 4.69) is 5.32 Å². The van der Waals surface area contributed by atoms with Gasteiger partial charge >= 0.3 is 0 Å². The number of carbonyl (C=O) groups is 1. The normalized spacial score (nSPS) is 21.8. The van der Waals surface area contributed by atoms with E-state index < -0.39 is 9.84 Å². The molecular weight excluding hydrogens is 464 g/mol. The van der Waals surface area contributed by atoms with Crippen LogP contribution in [0.3, 0.4) is 0 Å². The monoisotopic (exact) mass is 494 g/mol. The van der Waals surface area contributed by atoms with Crippen molar-refractivity contribution >= 4 is 32.6 Å². The van der Waals surface area contributed by atoms with Crippen LogP contribution >= 0.6 is 0 Å². The highest BCUT2D eigenvalue weighted by atomic mass is 32.2. The Labute approximate surface area is 204 Å². The van der Waals surface area contributed by atoms with Crippen LogP contribution in [0.15, 0.2) is 53.3 Å². The summed E-state index contributed by atoms with van der Waals surface area (Å²) in [5.74, 6) is 0.0288. The molecule has 0 spiro atoms. The van der Waals surface area contributed by atoms with Gasteiger partial charge in [0.25, 0.3) is 5.56 Å². The van der Waals surface area contributed by atoms with E-state index in [0.29, 0.717) is 38.3 Å². The smallest absolute Gasteiger partial charge is 0.294 e. The third-order valence-electron chi connectivity index (χ3n) is 6.97. The van der Waals surface area contributed by atoms with Crippen molar-refractivity contribution in [1.82, 2.24) is 14.9 Å². The van der Waals surface area contributed by atoms with Gasteiger partial charge in [0, 0.05) is 19.1 Å². The van der Waals surface area contributed by atoms with E-state index >= 15 is 0 Å². The Bertz CT molecular complexity index is 1420. The number of aromatic nitrogens is 2. The first-order valence-electron chi connectivity index (χ1n) is 12.1. The molecule has 1 aromatic heterocycles. The molecule has 2 saturated heterocycles. The highest BCUT2D eigenvalue weighted by molar-refractivity contribution is 7.91. The number of nitrogens with one attached hydrogen (secondary N) is 1. The molecule has 2 unspecified atom stereocenters. The van der Waals surface area contributed by atoms with Crippen LogP contribution < -0.4 is 15.8 Å². The van der Waals surface area contributed by atoms with E-state index in [1.54, 1.807) is 4.57 Å². The van der Waals surface area contributed by atoms with E-state index in [1.165, 1.54) is 0 Å². The Morgan fingerprint density at radius 3 is 2.63 bits per heavy atom. The molecule has 0 bridgehead atoms. The molecule has 3 aromatic rings. The second kappa shape index (κ2) is 9.45. The van der Waals surface area contributed by atoms with E-state index in [-0.39, 0.29) is 34.9 Å². The Kier molecular flexibility index (Phi) is 6.35.